The number of nitrogens with one attached hydrogen (secondary N) is 3. The smallest absolute Gasteiger partial charge is 0.272 e. The summed E-state index contributed by atoms with van der Waals surface area (Å²) in [5, 5.41) is 0.261. The second kappa shape index (κ2) is 9.93. The molecule has 0 radical (unpaired) electrons. The van der Waals surface area contributed by atoms with Crippen LogP contribution in [0.1, 0.15) is 60.9 Å². The van der Waals surface area contributed by atoms with Gasteiger partial charge in [-0.1, -0.05) is 69.4 Å². The number of rotatable bonds is 5. The number of benzene rings is 1. The van der Waals surface area contributed by atoms with Crippen LogP contribution in [0, 0.1) is 0 Å². The summed E-state index contributed by atoms with van der Waals surface area (Å²) >= 11 is 0. The Balaban J connectivity index is 1.60. The standard InChI is InChI=1S/C28H28N4O3/c1-28(2,3)25-22(29-17-30-25)16-23-27(35)31-21(26(34)32-23)14-8-10-18-9-7-13-20(15-18)24(33)19-11-5-4-6-12-19/h5,7-17H,4,6H2,1-3H3,(H,29,30)(H,31,35)(H,32,34)/b10-8+,21-14-,23-16-. The molecule has 0 atom stereocenters. The second-order valence-electron chi connectivity index (χ2n) is 9.41. The Hall–Kier alpha value is -4.26. The van der Waals surface area contributed by atoms with Crippen molar-refractivity contribution < 1.29 is 4.79 Å². The molecular weight excluding hydrogens is 440 g/mol. The molecule has 0 saturated carbocycles. The Bertz CT molecular complexity index is 1590. The highest BCUT2D eigenvalue weighted by molar-refractivity contribution is 6.10. The number of carbonyl (C=O) groups is 1. The Labute approximate surface area is 202 Å². The van der Waals surface area contributed by atoms with Crippen LogP contribution in [0.25, 0.3) is 18.2 Å². The molecule has 1 aromatic carbocycles. The van der Waals surface area contributed by atoms with Gasteiger partial charge in [0.1, 0.15) is 10.7 Å². The van der Waals surface area contributed by atoms with Gasteiger partial charge in [-0.25, -0.2) is 4.98 Å². The molecular formula is C28H28N4O3. The van der Waals surface area contributed by atoms with Crippen LogP contribution < -0.4 is 21.8 Å². The van der Waals surface area contributed by atoms with E-state index in [2.05, 4.69) is 19.9 Å². The Morgan fingerprint density at radius 1 is 1.06 bits per heavy atom. The van der Waals surface area contributed by atoms with Crippen LogP contribution in [0.3, 0.4) is 0 Å². The van der Waals surface area contributed by atoms with E-state index in [4.69, 9.17) is 0 Å². The number of ketones is 1. The Morgan fingerprint density at radius 3 is 2.57 bits per heavy atom. The molecule has 0 fully saturated rings. The Kier molecular flexibility index (Phi) is 6.78. The minimum absolute atomic E-state index is 0.0145. The van der Waals surface area contributed by atoms with Gasteiger partial charge < -0.3 is 15.0 Å². The molecule has 7 heteroatoms. The number of Topliss-reactive ketones (excluding diaryl/α,β-unsaturated/α-hetero) is 1. The molecule has 4 rings (SSSR count). The summed E-state index contributed by atoms with van der Waals surface area (Å²) in [5.74, 6) is -0.0145. The van der Waals surface area contributed by atoms with E-state index in [1.807, 2.05) is 51.1 Å². The van der Waals surface area contributed by atoms with Crippen molar-refractivity contribution in [2.45, 2.75) is 39.0 Å². The summed E-state index contributed by atoms with van der Waals surface area (Å²) in [6.45, 7) is 6.10. The molecule has 2 heterocycles. The third-order valence-corrected chi connectivity index (χ3v) is 5.64. The first-order chi connectivity index (χ1) is 16.7. The maximum atomic E-state index is 12.7. The lowest BCUT2D eigenvalue weighted by molar-refractivity contribution is 0.103. The van der Waals surface area contributed by atoms with E-state index in [1.165, 1.54) is 6.08 Å². The molecule has 0 bridgehead atoms. The van der Waals surface area contributed by atoms with Crippen LogP contribution >= 0.6 is 0 Å². The predicted octanol–water partition coefficient (Wildman–Crippen LogP) is 2.87. The lowest BCUT2D eigenvalue weighted by atomic mass is 9.90. The third kappa shape index (κ3) is 5.63. The maximum absolute atomic E-state index is 12.7. The van der Waals surface area contributed by atoms with Crippen molar-refractivity contribution in [1.29, 1.82) is 0 Å². The molecule has 0 aliphatic heterocycles. The molecule has 3 N–H and O–H groups in total. The molecule has 3 aromatic rings. The molecule has 178 valence electrons. The van der Waals surface area contributed by atoms with E-state index in [0.717, 1.165) is 24.1 Å². The van der Waals surface area contributed by atoms with E-state index in [1.54, 1.807) is 36.7 Å². The summed E-state index contributed by atoms with van der Waals surface area (Å²) in [5.41, 5.74) is 2.54. The molecule has 1 aliphatic carbocycles. The monoisotopic (exact) mass is 468 g/mol. The second-order valence-corrected chi connectivity index (χ2v) is 9.41. The highest BCUT2D eigenvalue weighted by Crippen LogP contribution is 2.22. The number of hydrogen-bond acceptors (Lipinski definition) is 4. The summed E-state index contributed by atoms with van der Waals surface area (Å²) in [7, 11) is 0. The Morgan fingerprint density at radius 2 is 1.83 bits per heavy atom. The number of H-pyrrole nitrogens is 3. The topological polar surface area (TPSA) is 111 Å². The van der Waals surface area contributed by atoms with Crippen molar-refractivity contribution in [1.82, 2.24) is 19.9 Å². The van der Waals surface area contributed by atoms with Gasteiger partial charge in [0.05, 0.1) is 12.0 Å². The van der Waals surface area contributed by atoms with Crippen LogP contribution in [0.15, 0.2) is 70.1 Å². The zero-order valence-electron chi connectivity index (χ0n) is 20.0. The fourth-order valence-electron chi connectivity index (χ4n) is 3.85. The molecule has 0 saturated heterocycles. The minimum Gasteiger partial charge on any atom is -0.348 e. The normalized spacial score (nSPS) is 15.1. The van der Waals surface area contributed by atoms with Crippen molar-refractivity contribution in [3.8, 4) is 0 Å². The van der Waals surface area contributed by atoms with E-state index in [9.17, 15) is 14.4 Å². The molecule has 0 spiro atoms. The van der Waals surface area contributed by atoms with Crippen LogP contribution in [-0.2, 0) is 5.41 Å². The van der Waals surface area contributed by atoms with Gasteiger partial charge >= 0.3 is 0 Å². The first-order valence-electron chi connectivity index (χ1n) is 11.5. The average Bonchev–Trinajstić information content (AvgIpc) is 3.31. The molecule has 35 heavy (non-hydrogen) atoms. The SMILES string of the molecule is CC(C)(C)c1[nH]cnc1/C=c1\[nH]c(=O)/c(=C/C=C/c2cccc(C(=O)C3=CCCC=C3)c2)[nH]c1=O. The van der Waals surface area contributed by atoms with Crippen LogP contribution in [-0.4, -0.2) is 25.7 Å². The van der Waals surface area contributed by atoms with Gasteiger partial charge in [0.2, 0.25) is 0 Å². The number of aromatic amines is 3. The van der Waals surface area contributed by atoms with Crippen molar-refractivity contribution in [3.63, 3.8) is 0 Å². The summed E-state index contributed by atoms with van der Waals surface area (Å²) in [4.78, 5) is 50.5. The quantitative estimate of drug-likeness (QED) is 0.500. The zero-order chi connectivity index (χ0) is 25.0. The molecule has 2 aromatic heterocycles. The summed E-state index contributed by atoms with van der Waals surface area (Å²) < 4.78 is 0. The van der Waals surface area contributed by atoms with Crippen molar-refractivity contribution >= 4 is 24.0 Å². The summed E-state index contributed by atoms with van der Waals surface area (Å²) in [6.07, 6.45) is 15.8. The van der Waals surface area contributed by atoms with Crippen molar-refractivity contribution in [2.24, 2.45) is 0 Å². The number of hydrogen-bond donors (Lipinski definition) is 3. The third-order valence-electron chi connectivity index (χ3n) is 5.64. The highest BCUT2D eigenvalue weighted by atomic mass is 16.1. The lowest BCUT2D eigenvalue weighted by Crippen LogP contribution is -2.46. The first-order valence-corrected chi connectivity index (χ1v) is 11.5. The van der Waals surface area contributed by atoms with Crippen LogP contribution in [0.4, 0.5) is 0 Å². The lowest BCUT2D eigenvalue weighted by Gasteiger charge is -2.16. The van der Waals surface area contributed by atoms with E-state index in [0.29, 0.717) is 16.8 Å². The number of carbonyl (C=O) groups excluding carboxylic acids is 1. The zero-order valence-corrected chi connectivity index (χ0v) is 20.0. The summed E-state index contributed by atoms with van der Waals surface area (Å²) in [6, 6.07) is 7.28. The molecule has 0 unspecified atom stereocenters. The molecule has 0 amide bonds. The number of allylic oxidation sites excluding steroid dienone is 5. The van der Waals surface area contributed by atoms with Gasteiger partial charge in [-0.3, -0.25) is 14.4 Å². The van der Waals surface area contributed by atoms with Gasteiger partial charge in [0.25, 0.3) is 11.1 Å². The van der Waals surface area contributed by atoms with Gasteiger partial charge in [-0.15, -0.1) is 0 Å². The van der Waals surface area contributed by atoms with E-state index >= 15 is 0 Å². The number of nitrogens with zero attached hydrogens (tertiary/aromatic N) is 1. The van der Waals surface area contributed by atoms with Gasteiger partial charge in [0.15, 0.2) is 5.78 Å². The first kappa shape index (κ1) is 23.9. The van der Waals surface area contributed by atoms with Gasteiger partial charge in [-0.2, -0.15) is 0 Å². The highest BCUT2D eigenvalue weighted by Gasteiger charge is 2.19. The molecule has 7 nitrogen and oxygen atoms in total. The largest absolute Gasteiger partial charge is 0.348 e. The average molecular weight is 469 g/mol. The van der Waals surface area contributed by atoms with Gasteiger partial charge in [0, 0.05) is 22.2 Å². The fraction of sp³-hybridized carbons (Fsp3) is 0.214. The maximum Gasteiger partial charge on any atom is 0.272 e. The number of imidazole rings is 1. The van der Waals surface area contributed by atoms with Crippen LogP contribution in [0.2, 0.25) is 0 Å². The van der Waals surface area contributed by atoms with E-state index < -0.39 is 11.1 Å². The predicted molar refractivity (Wildman–Crippen MR) is 139 cm³/mol. The fourth-order valence-corrected chi connectivity index (χ4v) is 3.85. The minimum atomic E-state index is -0.423. The van der Waals surface area contributed by atoms with Crippen LogP contribution in [0.5, 0.6) is 0 Å². The van der Waals surface area contributed by atoms with Crippen molar-refractivity contribution in [3.05, 3.63) is 114 Å². The van der Waals surface area contributed by atoms with E-state index in [-0.39, 0.29) is 21.9 Å². The van der Waals surface area contributed by atoms with Crippen molar-refractivity contribution in [2.75, 3.05) is 0 Å². The van der Waals surface area contributed by atoms with Gasteiger partial charge in [-0.05, 0) is 36.6 Å². The number of aromatic nitrogens is 4. The molecule has 1 aliphatic rings.